The maximum Gasteiger partial charge on any atom is 0.128 e. The first-order valence-corrected chi connectivity index (χ1v) is 11.0. The van der Waals surface area contributed by atoms with Crippen molar-refractivity contribution in [1.29, 1.82) is 5.41 Å². The predicted molar refractivity (Wildman–Crippen MR) is 128 cm³/mol. The number of hydrogen-bond donors (Lipinski definition) is 1. The Morgan fingerprint density at radius 2 is 1.94 bits per heavy atom. The van der Waals surface area contributed by atoms with Gasteiger partial charge < -0.3 is 9.98 Å². The van der Waals surface area contributed by atoms with Gasteiger partial charge in [-0.25, -0.2) is 8.78 Å². The summed E-state index contributed by atoms with van der Waals surface area (Å²) in [6, 6.07) is 10.0. The third kappa shape index (κ3) is 3.35. The number of benzene rings is 2. The number of allylic oxidation sites excluding steroid dienone is 5. The van der Waals surface area contributed by atoms with Gasteiger partial charge in [-0.1, -0.05) is 37.8 Å². The molecule has 5 rings (SSSR count). The summed E-state index contributed by atoms with van der Waals surface area (Å²) in [5.41, 5.74) is 6.79. The molecular weight excluding hydrogens is 402 g/mol. The van der Waals surface area contributed by atoms with Gasteiger partial charge in [0.1, 0.15) is 11.6 Å². The summed E-state index contributed by atoms with van der Waals surface area (Å²) in [5.74, 6) is -0.891. The van der Waals surface area contributed by atoms with E-state index in [9.17, 15) is 8.78 Å². The highest BCUT2D eigenvalue weighted by atomic mass is 19.1. The van der Waals surface area contributed by atoms with Crippen LogP contribution in [0.5, 0.6) is 0 Å². The SMILES string of the molecule is C=C(C)c1c(C2=CC=CCC2=N)c2cc(C3(C)CC3)ccc2n1Cc1cc(F)ccc1F. The zero-order valence-corrected chi connectivity index (χ0v) is 18.4. The predicted octanol–water partition coefficient (Wildman–Crippen LogP) is 7.42. The Kier molecular flexibility index (Phi) is 4.77. The molecular formula is C28H26F2N2. The molecule has 1 N–H and O–H groups in total. The van der Waals surface area contributed by atoms with Gasteiger partial charge in [0.2, 0.25) is 0 Å². The molecule has 3 aromatic rings. The van der Waals surface area contributed by atoms with Crippen molar-refractivity contribution < 1.29 is 8.78 Å². The summed E-state index contributed by atoms with van der Waals surface area (Å²) in [6.07, 6.45) is 8.84. The van der Waals surface area contributed by atoms with Gasteiger partial charge in [-0.2, -0.15) is 0 Å². The molecule has 0 amide bonds. The van der Waals surface area contributed by atoms with E-state index in [1.54, 1.807) is 0 Å². The zero-order valence-electron chi connectivity index (χ0n) is 18.4. The number of rotatable bonds is 5. The molecule has 2 aliphatic rings. The van der Waals surface area contributed by atoms with E-state index in [0.29, 0.717) is 17.7 Å². The second kappa shape index (κ2) is 7.40. The molecule has 4 heteroatoms. The molecule has 2 nitrogen and oxygen atoms in total. The van der Waals surface area contributed by atoms with Crippen LogP contribution in [0.2, 0.25) is 0 Å². The molecule has 1 fully saturated rings. The fourth-order valence-corrected chi connectivity index (χ4v) is 4.72. The Hall–Kier alpha value is -3.27. The third-order valence-electron chi connectivity index (χ3n) is 6.82. The standard InChI is InChI=1S/C28H26F2N2/c1-17(2)27-26(21-6-4-5-7-24(21)31)22-15-19(28(3)12-13-28)8-11-25(22)32(27)16-18-14-20(29)9-10-23(18)30/h4-6,8-11,14-15,31H,1,7,12-13,16H2,2-3H3. The third-order valence-corrected chi connectivity index (χ3v) is 6.82. The first-order valence-electron chi connectivity index (χ1n) is 11.0. The molecule has 0 saturated heterocycles. The number of hydrogen-bond acceptors (Lipinski definition) is 1. The molecule has 0 atom stereocenters. The van der Waals surface area contributed by atoms with Crippen LogP contribution in [0.25, 0.3) is 22.0 Å². The lowest BCUT2D eigenvalue weighted by Crippen LogP contribution is -2.08. The van der Waals surface area contributed by atoms with Crippen LogP contribution in [0.15, 0.2) is 61.2 Å². The molecule has 1 saturated carbocycles. The van der Waals surface area contributed by atoms with Crippen LogP contribution in [-0.4, -0.2) is 10.3 Å². The van der Waals surface area contributed by atoms with E-state index in [1.165, 1.54) is 17.7 Å². The lowest BCUT2D eigenvalue weighted by molar-refractivity contribution is 0.578. The molecule has 0 radical (unpaired) electrons. The van der Waals surface area contributed by atoms with Gasteiger partial charge in [0.25, 0.3) is 0 Å². The molecule has 1 heterocycles. The summed E-state index contributed by atoms with van der Waals surface area (Å²) < 4.78 is 30.5. The molecule has 2 aliphatic carbocycles. The highest BCUT2D eigenvalue weighted by Crippen LogP contribution is 2.49. The van der Waals surface area contributed by atoms with Crippen molar-refractivity contribution >= 4 is 27.8 Å². The Bertz CT molecular complexity index is 1350. The van der Waals surface area contributed by atoms with Crippen molar-refractivity contribution in [3.63, 3.8) is 0 Å². The van der Waals surface area contributed by atoms with Crippen LogP contribution in [0.3, 0.4) is 0 Å². The minimum atomic E-state index is -0.458. The summed E-state index contributed by atoms with van der Waals surface area (Å²) in [5, 5.41) is 9.65. The van der Waals surface area contributed by atoms with Crippen molar-refractivity contribution in [1.82, 2.24) is 4.57 Å². The second-order valence-electron chi connectivity index (χ2n) is 9.31. The van der Waals surface area contributed by atoms with E-state index in [2.05, 4.69) is 31.7 Å². The maximum absolute atomic E-state index is 14.6. The Morgan fingerprint density at radius 1 is 1.16 bits per heavy atom. The number of aromatic nitrogens is 1. The van der Waals surface area contributed by atoms with E-state index in [0.717, 1.165) is 52.2 Å². The van der Waals surface area contributed by atoms with Crippen LogP contribution >= 0.6 is 0 Å². The van der Waals surface area contributed by atoms with Crippen molar-refractivity contribution in [2.24, 2.45) is 0 Å². The molecule has 0 aliphatic heterocycles. The number of halogens is 2. The van der Waals surface area contributed by atoms with Crippen molar-refractivity contribution in [3.05, 3.63) is 95.2 Å². The van der Waals surface area contributed by atoms with E-state index >= 15 is 0 Å². The second-order valence-corrected chi connectivity index (χ2v) is 9.31. The monoisotopic (exact) mass is 428 g/mol. The summed E-state index contributed by atoms with van der Waals surface area (Å²) in [7, 11) is 0. The fourth-order valence-electron chi connectivity index (χ4n) is 4.72. The Labute approximate surface area is 187 Å². The lowest BCUT2D eigenvalue weighted by Gasteiger charge is -2.16. The fraction of sp³-hybridized carbons (Fsp3) is 0.250. The van der Waals surface area contributed by atoms with Crippen LogP contribution in [0, 0.1) is 17.0 Å². The van der Waals surface area contributed by atoms with Gasteiger partial charge in [0.15, 0.2) is 0 Å². The van der Waals surface area contributed by atoms with Crippen LogP contribution in [0.4, 0.5) is 8.78 Å². The quantitative estimate of drug-likeness (QED) is 0.438. The van der Waals surface area contributed by atoms with Gasteiger partial charge in [-0.3, -0.25) is 0 Å². The molecule has 0 bridgehead atoms. The van der Waals surface area contributed by atoms with Crippen molar-refractivity contribution in [2.75, 3.05) is 0 Å². The Balaban J connectivity index is 1.81. The first-order chi connectivity index (χ1) is 15.3. The van der Waals surface area contributed by atoms with Gasteiger partial charge in [0, 0.05) is 39.7 Å². The van der Waals surface area contributed by atoms with Crippen LogP contribution in [-0.2, 0) is 12.0 Å². The number of nitrogens with zero attached hydrogens (tertiary/aromatic N) is 1. The van der Waals surface area contributed by atoms with Gasteiger partial charge in [-0.15, -0.1) is 0 Å². The molecule has 32 heavy (non-hydrogen) atoms. The molecule has 162 valence electrons. The molecule has 0 spiro atoms. The number of nitrogens with one attached hydrogen (secondary N) is 1. The summed E-state index contributed by atoms with van der Waals surface area (Å²) in [4.78, 5) is 0. The van der Waals surface area contributed by atoms with E-state index < -0.39 is 11.6 Å². The van der Waals surface area contributed by atoms with Gasteiger partial charge in [-0.05, 0) is 66.6 Å². The average molecular weight is 429 g/mol. The normalized spacial score (nSPS) is 17.0. The molecule has 0 unspecified atom stereocenters. The van der Waals surface area contributed by atoms with Crippen LogP contribution < -0.4 is 0 Å². The summed E-state index contributed by atoms with van der Waals surface area (Å²) in [6.45, 7) is 8.62. The molecule has 1 aromatic heterocycles. The highest BCUT2D eigenvalue weighted by molar-refractivity contribution is 6.27. The topological polar surface area (TPSA) is 28.8 Å². The van der Waals surface area contributed by atoms with Crippen LogP contribution in [0.1, 0.15) is 55.5 Å². The Morgan fingerprint density at radius 3 is 2.62 bits per heavy atom. The van der Waals surface area contributed by atoms with Crippen molar-refractivity contribution in [2.45, 2.75) is 45.1 Å². The average Bonchev–Trinajstić information content (AvgIpc) is 3.43. The minimum absolute atomic E-state index is 0.190. The van der Waals surface area contributed by atoms with E-state index in [-0.39, 0.29) is 12.0 Å². The van der Waals surface area contributed by atoms with Crippen molar-refractivity contribution in [3.8, 4) is 0 Å². The largest absolute Gasteiger partial charge is 0.336 e. The minimum Gasteiger partial charge on any atom is -0.336 e. The van der Waals surface area contributed by atoms with Gasteiger partial charge in [0.05, 0.1) is 12.2 Å². The molecule has 2 aromatic carbocycles. The van der Waals surface area contributed by atoms with E-state index in [4.69, 9.17) is 5.41 Å². The lowest BCUT2D eigenvalue weighted by atomic mass is 9.90. The first kappa shape index (κ1) is 20.6. The summed E-state index contributed by atoms with van der Waals surface area (Å²) >= 11 is 0. The maximum atomic E-state index is 14.6. The zero-order chi connectivity index (χ0) is 22.6. The highest BCUT2D eigenvalue weighted by Gasteiger charge is 2.39. The number of fused-ring (bicyclic) bond motifs is 1. The smallest absolute Gasteiger partial charge is 0.128 e. The van der Waals surface area contributed by atoms with E-state index in [1.807, 2.05) is 29.7 Å². The van der Waals surface area contributed by atoms with Gasteiger partial charge >= 0.3 is 0 Å².